The predicted molar refractivity (Wildman–Crippen MR) is 69.8 cm³/mol. The van der Waals surface area contributed by atoms with Gasteiger partial charge in [0, 0.05) is 17.8 Å². The van der Waals surface area contributed by atoms with E-state index in [1.165, 1.54) is 19.3 Å². The molecule has 1 aromatic rings. The topological polar surface area (TPSA) is 63.8 Å². The molecule has 0 aliphatic heterocycles. The molecule has 94 valence electrons. The first-order valence-electron chi connectivity index (χ1n) is 6.61. The molecule has 4 nitrogen and oxygen atoms in total. The Morgan fingerprint density at radius 3 is 3.06 bits per heavy atom. The summed E-state index contributed by atoms with van der Waals surface area (Å²) in [5, 5.41) is 3.51. The molecule has 17 heavy (non-hydrogen) atoms. The largest absolute Gasteiger partial charge is 0.367 e. The van der Waals surface area contributed by atoms with E-state index >= 15 is 0 Å². The van der Waals surface area contributed by atoms with E-state index in [9.17, 15) is 0 Å². The number of nitrogens with two attached hydrogens (primary N) is 1. The average molecular weight is 234 g/mol. The first kappa shape index (κ1) is 12.3. The van der Waals surface area contributed by atoms with Gasteiger partial charge in [-0.25, -0.2) is 9.97 Å². The van der Waals surface area contributed by atoms with Gasteiger partial charge in [0.2, 0.25) is 0 Å². The molecule has 1 aromatic heterocycles. The van der Waals surface area contributed by atoms with E-state index in [-0.39, 0.29) is 0 Å². The monoisotopic (exact) mass is 234 g/mol. The Kier molecular flexibility index (Phi) is 4.31. The molecule has 0 radical (unpaired) electrons. The lowest BCUT2D eigenvalue weighted by Gasteiger charge is -2.20. The van der Waals surface area contributed by atoms with E-state index in [2.05, 4.69) is 28.3 Å². The third-order valence-corrected chi connectivity index (χ3v) is 3.52. The maximum Gasteiger partial charge on any atom is 0.129 e. The van der Waals surface area contributed by atoms with Gasteiger partial charge in [0.15, 0.2) is 0 Å². The third kappa shape index (κ3) is 3.16. The highest BCUT2D eigenvalue weighted by molar-refractivity contribution is 5.36. The van der Waals surface area contributed by atoms with Gasteiger partial charge < -0.3 is 11.1 Å². The van der Waals surface area contributed by atoms with Gasteiger partial charge in [0.1, 0.15) is 12.1 Å². The molecule has 0 aromatic carbocycles. The highest BCUT2D eigenvalue weighted by atomic mass is 15.0. The van der Waals surface area contributed by atoms with Crippen LogP contribution in [0.1, 0.15) is 38.3 Å². The quantitative estimate of drug-likeness (QED) is 0.817. The molecule has 4 heteroatoms. The van der Waals surface area contributed by atoms with Crippen LogP contribution in [0.15, 0.2) is 12.4 Å². The van der Waals surface area contributed by atoms with Gasteiger partial charge in [0.25, 0.3) is 0 Å². The Labute approximate surface area is 103 Å². The molecule has 2 atom stereocenters. The molecular weight excluding hydrogens is 212 g/mol. The SMILES string of the molecule is CCCc1cc(NC2CCCC2CN)ncn1. The first-order chi connectivity index (χ1) is 8.33. The standard InChI is InChI=1S/C13H22N4/c1-2-4-11-7-13(16-9-15-11)17-12-6-3-5-10(12)8-14/h7,9-10,12H,2-6,8,14H2,1H3,(H,15,16,17). The summed E-state index contributed by atoms with van der Waals surface area (Å²) in [6.07, 6.45) is 7.50. The Morgan fingerprint density at radius 1 is 1.41 bits per heavy atom. The molecule has 0 spiro atoms. The number of aromatic nitrogens is 2. The van der Waals surface area contributed by atoms with E-state index in [0.717, 1.165) is 30.9 Å². The van der Waals surface area contributed by atoms with E-state index in [4.69, 9.17) is 5.73 Å². The van der Waals surface area contributed by atoms with Crippen LogP contribution in [0.3, 0.4) is 0 Å². The maximum atomic E-state index is 5.78. The third-order valence-electron chi connectivity index (χ3n) is 3.52. The van der Waals surface area contributed by atoms with Crippen LogP contribution in [0, 0.1) is 5.92 Å². The fourth-order valence-electron chi connectivity index (χ4n) is 2.57. The van der Waals surface area contributed by atoms with Crippen molar-refractivity contribution in [1.82, 2.24) is 9.97 Å². The van der Waals surface area contributed by atoms with E-state index in [0.29, 0.717) is 12.0 Å². The second kappa shape index (κ2) is 5.96. The molecule has 2 unspecified atom stereocenters. The Morgan fingerprint density at radius 2 is 2.29 bits per heavy atom. The number of nitrogens with one attached hydrogen (secondary N) is 1. The lowest BCUT2D eigenvalue weighted by Crippen LogP contribution is -2.29. The van der Waals surface area contributed by atoms with Gasteiger partial charge in [-0.05, 0) is 31.7 Å². The zero-order valence-corrected chi connectivity index (χ0v) is 10.5. The first-order valence-corrected chi connectivity index (χ1v) is 6.61. The van der Waals surface area contributed by atoms with Crippen LogP contribution in [0.5, 0.6) is 0 Å². The van der Waals surface area contributed by atoms with Crippen molar-refractivity contribution in [2.75, 3.05) is 11.9 Å². The van der Waals surface area contributed by atoms with Crippen molar-refractivity contribution < 1.29 is 0 Å². The fraction of sp³-hybridized carbons (Fsp3) is 0.692. The van der Waals surface area contributed by atoms with Crippen LogP contribution in [0.25, 0.3) is 0 Å². The number of nitrogens with zero attached hydrogens (tertiary/aromatic N) is 2. The number of anilines is 1. The zero-order chi connectivity index (χ0) is 12.1. The van der Waals surface area contributed by atoms with Crippen LogP contribution in [-0.4, -0.2) is 22.6 Å². The van der Waals surface area contributed by atoms with E-state index in [1.54, 1.807) is 6.33 Å². The van der Waals surface area contributed by atoms with Crippen molar-refractivity contribution in [3.63, 3.8) is 0 Å². The summed E-state index contributed by atoms with van der Waals surface area (Å²) in [6, 6.07) is 2.56. The predicted octanol–water partition coefficient (Wildman–Crippen LogP) is 1.97. The highest BCUT2D eigenvalue weighted by Gasteiger charge is 2.26. The summed E-state index contributed by atoms with van der Waals surface area (Å²) in [5.74, 6) is 1.55. The van der Waals surface area contributed by atoms with Crippen LogP contribution < -0.4 is 11.1 Å². The number of hydrogen-bond donors (Lipinski definition) is 2. The number of aryl methyl sites for hydroxylation is 1. The normalized spacial score (nSPS) is 23.9. The van der Waals surface area contributed by atoms with Crippen LogP contribution >= 0.6 is 0 Å². The summed E-state index contributed by atoms with van der Waals surface area (Å²) >= 11 is 0. The van der Waals surface area contributed by atoms with Gasteiger partial charge in [-0.1, -0.05) is 19.8 Å². The van der Waals surface area contributed by atoms with Crippen molar-refractivity contribution in [3.8, 4) is 0 Å². The lowest BCUT2D eigenvalue weighted by atomic mass is 10.0. The number of hydrogen-bond acceptors (Lipinski definition) is 4. The molecule has 1 aliphatic carbocycles. The van der Waals surface area contributed by atoms with Crippen LogP contribution in [0.4, 0.5) is 5.82 Å². The molecule has 1 saturated carbocycles. The van der Waals surface area contributed by atoms with Crippen molar-refractivity contribution >= 4 is 5.82 Å². The molecule has 1 heterocycles. The minimum Gasteiger partial charge on any atom is -0.367 e. The van der Waals surface area contributed by atoms with Gasteiger partial charge in [-0.2, -0.15) is 0 Å². The van der Waals surface area contributed by atoms with Crippen LogP contribution in [0.2, 0.25) is 0 Å². The molecule has 1 fully saturated rings. The minimum absolute atomic E-state index is 0.490. The van der Waals surface area contributed by atoms with Gasteiger partial charge >= 0.3 is 0 Å². The summed E-state index contributed by atoms with van der Waals surface area (Å²) in [6.45, 7) is 2.93. The molecule has 0 saturated heterocycles. The molecular formula is C13H22N4. The summed E-state index contributed by atoms with van der Waals surface area (Å²) in [5.41, 5.74) is 6.90. The highest BCUT2D eigenvalue weighted by Crippen LogP contribution is 2.27. The Balaban J connectivity index is 2.00. The van der Waals surface area contributed by atoms with Crippen molar-refractivity contribution in [1.29, 1.82) is 0 Å². The van der Waals surface area contributed by atoms with Gasteiger partial charge in [-0.15, -0.1) is 0 Å². The Hall–Kier alpha value is -1.16. The van der Waals surface area contributed by atoms with Gasteiger partial charge in [0.05, 0.1) is 0 Å². The van der Waals surface area contributed by atoms with Crippen LogP contribution in [-0.2, 0) is 6.42 Å². The summed E-state index contributed by atoms with van der Waals surface area (Å²) in [7, 11) is 0. The Bertz CT molecular complexity index is 353. The van der Waals surface area contributed by atoms with E-state index in [1.807, 2.05) is 0 Å². The maximum absolute atomic E-state index is 5.78. The van der Waals surface area contributed by atoms with Gasteiger partial charge in [-0.3, -0.25) is 0 Å². The second-order valence-electron chi connectivity index (χ2n) is 4.82. The van der Waals surface area contributed by atoms with Crippen molar-refractivity contribution in [3.05, 3.63) is 18.1 Å². The molecule has 1 aliphatic rings. The van der Waals surface area contributed by atoms with E-state index < -0.39 is 0 Å². The number of rotatable bonds is 5. The lowest BCUT2D eigenvalue weighted by molar-refractivity contribution is 0.515. The molecule has 0 bridgehead atoms. The van der Waals surface area contributed by atoms with Crippen molar-refractivity contribution in [2.45, 2.75) is 45.1 Å². The summed E-state index contributed by atoms with van der Waals surface area (Å²) < 4.78 is 0. The molecule has 3 N–H and O–H groups in total. The minimum atomic E-state index is 0.490. The second-order valence-corrected chi connectivity index (χ2v) is 4.82. The average Bonchev–Trinajstić information content (AvgIpc) is 2.77. The zero-order valence-electron chi connectivity index (χ0n) is 10.5. The fourth-order valence-corrected chi connectivity index (χ4v) is 2.57. The van der Waals surface area contributed by atoms with Crippen molar-refractivity contribution in [2.24, 2.45) is 11.7 Å². The molecule has 0 amide bonds. The molecule has 2 rings (SSSR count). The summed E-state index contributed by atoms with van der Waals surface area (Å²) in [4.78, 5) is 8.56. The smallest absolute Gasteiger partial charge is 0.129 e.